The van der Waals surface area contributed by atoms with Gasteiger partial charge in [-0.25, -0.2) is 19.8 Å². The number of nitrogens with zero attached hydrogens (tertiary/aromatic N) is 5. The predicted octanol–water partition coefficient (Wildman–Crippen LogP) is 6.53. The van der Waals surface area contributed by atoms with Crippen LogP contribution in [0.25, 0.3) is 22.3 Å². The molecule has 2 saturated heterocycles. The molecule has 0 unspecified atom stereocenters. The number of hydrogen-bond acceptors (Lipinski definition) is 9. The number of carbonyl (C=O) groups is 3. The highest BCUT2D eigenvalue weighted by Crippen LogP contribution is 2.34. The zero-order valence-electron chi connectivity index (χ0n) is 34.0. The summed E-state index contributed by atoms with van der Waals surface area (Å²) in [6.45, 7) is 9.02. The van der Waals surface area contributed by atoms with Crippen molar-refractivity contribution in [3.8, 4) is 11.3 Å². The highest BCUT2D eigenvalue weighted by Gasteiger charge is 2.38. The number of likely N-dealkylation sites (tertiary alicyclic amines) is 2. The fourth-order valence-electron chi connectivity index (χ4n) is 7.51. The zero-order chi connectivity index (χ0) is 38.4. The number of H-pyrrole nitrogens is 2. The summed E-state index contributed by atoms with van der Waals surface area (Å²) < 4.78 is 4.76. The predicted molar refractivity (Wildman–Crippen MR) is 246 cm³/mol. The number of aromatic nitrogens is 4. The summed E-state index contributed by atoms with van der Waals surface area (Å²) in [5.41, 5.74) is 6.14. The van der Waals surface area contributed by atoms with Crippen molar-refractivity contribution in [1.29, 1.82) is 0 Å². The molecular formula is C40H60N8O6S4. The first kappa shape index (κ1) is 50.3. The maximum atomic E-state index is 13.6. The average molecular weight is 877 g/mol. The lowest BCUT2D eigenvalue weighted by Gasteiger charge is -2.29. The van der Waals surface area contributed by atoms with Crippen molar-refractivity contribution in [2.75, 3.05) is 27.3 Å². The topological polar surface area (TPSA) is 167 Å². The van der Waals surface area contributed by atoms with Crippen molar-refractivity contribution in [3.63, 3.8) is 0 Å². The Morgan fingerprint density at radius 1 is 0.845 bits per heavy atom. The number of rotatable bonds is 14. The second kappa shape index (κ2) is 23.1. The number of benzene rings is 2. The summed E-state index contributed by atoms with van der Waals surface area (Å²) >= 11 is 0. The Kier molecular flexibility index (Phi) is 20.0. The van der Waals surface area contributed by atoms with Gasteiger partial charge in [-0.05, 0) is 79.2 Å². The lowest BCUT2D eigenvalue weighted by Crippen LogP contribution is -2.51. The van der Waals surface area contributed by atoms with Crippen LogP contribution in [0.2, 0.25) is 0 Å². The van der Waals surface area contributed by atoms with Crippen molar-refractivity contribution < 1.29 is 28.9 Å². The molecule has 3 N–H and O–H groups in total. The molecule has 0 radical (unpaired) electrons. The van der Waals surface area contributed by atoms with Crippen LogP contribution in [0.15, 0.2) is 53.7 Å². The van der Waals surface area contributed by atoms with Crippen LogP contribution in [0.1, 0.15) is 88.2 Å². The van der Waals surface area contributed by atoms with Crippen molar-refractivity contribution in [2.45, 2.75) is 90.4 Å². The van der Waals surface area contributed by atoms with Crippen molar-refractivity contribution >= 4 is 89.3 Å². The minimum atomic E-state index is -0.674. The Hall–Kier alpha value is -3.84. The zero-order valence-corrected chi connectivity index (χ0v) is 38.0. The molecule has 14 nitrogen and oxygen atoms in total. The molecule has 0 spiro atoms. The number of amides is 3. The molecule has 320 valence electrons. The number of carbonyl (C=O) groups excluding carboxylic acids is 3. The van der Waals surface area contributed by atoms with E-state index in [4.69, 9.17) is 19.6 Å². The molecule has 0 saturated carbocycles. The van der Waals surface area contributed by atoms with E-state index in [-0.39, 0.29) is 89.7 Å². The van der Waals surface area contributed by atoms with Gasteiger partial charge in [0.15, 0.2) is 0 Å². The third kappa shape index (κ3) is 11.7. The number of aromatic amines is 2. The van der Waals surface area contributed by atoms with Crippen molar-refractivity contribution in [3.05, 3.63) is 71.4 Å². The van der Waals surface area contributed by atoms with Gasteiger partial charge in [-0.3, -0.25) is 9.59 Å². The molecule has 4 heterocycles. The third-order valence-electron chi connectivity index (χ3n) is 10.5. The van der Waals surface area contributed by atoms with Gasteiger partial charge in [0, 0.05) is 13.1 Å². The first-order valence-corrected chi connectivity index (χ1v) is 18.9. The highest BCUT2D eigenvalue weighted by atomic mass is 32.1. The number of ether oxygens (including phenoxy) is 1. The molecule has 4 aromatic rings. The fourth-order valence-corrected chi connectivity index (χ4v) is 7.51. The molecule has 4 atom stereocenters. The SMILES string of the molecule is COOC=N[C@H](C(=O)N1CCC[C@H]1c1ncc(-c2ccc(CCc3ccc4nc([C@@H]5CCCN5C(=O)[C@@H](NC(=O)OC)C(C)C)[nH]c4c3)cc2)[nH]1)C(C)C.S.S.S.S. The van der Waals surface area contributed by atoms with Crippen molar-refractivity contribution in [1.82, 2.24) is 35.1 Å². The first-order chi connectivity index (χ1) is 26.1. The number of methoxy groups -OCH3 is 1. The number of nitrogens with one attached hydrogen (secondary N) is 3. The van der Waals surface area contributed by atoms with E-state index >= 15 is 0 Å². The van der Waals surface area contributed by atoms with Gasteiger partial charge in [0.25, 0.3) is 0 Å². The molecular weight excluding hydrogens is 817 g/mol. The quantitative estimate of drug-likeness (QED) is 0.0557. The summed E-state index contributed by atoms with van der Waals surface area (Å²) in [5, 5.41) is 2.71. The molecule has 3 amide bonds. The molecule has 58 heavy (non-hydrogen) atoms. The van der Waals surface area contributed by atoms with E-state index in [1.54, 1.807) is 0 Å². The fraction of sp³-hybridized carbons (Fsp3) is 0.500. The van der Waals surface area contributed by atoms with E-state index in [2.05, 4.69) is 61.6 Å². The average Bonchev–Trinajstić information content (AvgIpc) is 4.00. The second-order valence-electron chi connectivity index (χ2n) is 14.8. The van der Waals surface area contributed by atoms with Crippen LogP contribution in [0.5, 0.6) is 0 Å². The standard InChI is InChI=1S/C40H52N8O6.4H2S/c1-24(2)34(42-23-54-53-6)38(49)47-19-7-9-32(47)36-41-22-31(45-36)28-16-13-26(14-17-28)11-12-27-15-18-29-30(21-27)44-37(43-29)33-10-8-20-48(33)39(50)35(25(3)4)46-40(51)52-5;;;;/h13-18,21-25,32-35H,7-12,19-20H2,1-6H3,(H,41,45)(H,43,44)(H,46,51);4*1H2/t32-,33-,34-,35-;;;;/m0..../s1. The van der Waals surface area contributed by atoms with E-state index in [0.717, 1.165) is 72.5 Å². The molecule has 2 aliphatic rings. The van der Waals surface area contributed by atoms with Crippen LogP contribution in [0, 0.1) is 11.8 Å². The smallest absolute Gasteiger partial charge is 0.407 e. The van der Waals surface area contributed by atoms with Gasteiger partial charge in [0.05, 0.1) is 49.2 Å². The molecule has 0 aliphatic carbocycles. The van der Waals surface area contributed by atoms with Crippen LogP contribution < -0.4 is 5.32 Å². The van der Waals surface area contributed by atoms with E-state index in [1.165, 1.54) is 31.7 Å². The number of imidazole rings is 2. The number of alkyl carbamates (subject to hydrolysis) is 1. The van der Waals surface area contributed by atoms with Crippen LogP contribution in [0.4, 0.5) is 4.79 Å². The van der Waals surface area contributed by atoms with E-state index in [9.17, 15) is 14.4 Å². The second-order valence-corrected chi connectivity index (χ2v) is 14.8. The Balaban J connectivity index is 0.00000290. The Morgan fingerprint density at radius 3 is 2.09 bits per heavy atom. The van der Waals surface area contributed by atoms with Crippen LogP contribution in [0.3, 0.4) is 0 Å². The summed E-state index contributed by atoms with van der Waals surface area (Å²) in [5.74, 6) is 1.28. The lowest BCUT2D eigenvalue weighted by molar-refractivity contribution is -0.188. The third-order valence-corrected chi connectivity index (χ3v) is 10.5. The van der Waals surface area contributed by atoms with Gasteiger partial charge in [-0.1, -0.05) is 58.0 Å². The van der Waals surface area contributed by atoms with Gasteiger partial charge in [0.2, 0.25) is 18.2 Å². The number of aryl methyl sites for hydroxylation is 2. The van der Waals surface area contributed by atoms with Gasteiger partial charge in [-0.2, -0.15) is 58.9 Å². The lowest BCUT2D eigenvalue weighted by atomic mass is 10.0. The molecule has 0 bridgehead atoms. The summed E-state index contributed by atoms with van der Waals surface area (Å²) in [4.78, 5) is 73.0. The molecule has 18 heteroatoms. The minimum absolute atomic E-state index is 0. The normalized spacial score (nSPS) is 17.3. The van der Waals surface area contributed by atoms with Crippen LogP contribution >= 0.6 is 54.0 Å². The van der Waals surface area contributed by atoms with E-state index in [1.807, 2.05) is 49.8 Å². The highest BCUT2D eigenvalue weighted by molar-refractivity contribution is 7.59. The van der Waals surface area contributed by atoms with Gasteiger partial charge < -0.3 is 34.7 Å². The molecule has 2 aromatic carbocycles. The van der Waals surface area contributed by atoms with Gasteiger partial charge >= 0.3 is 6.09 Å². The summed E-state index contributed by atoms with van der Waals surface area (Å²) in [6.07, 6.45) is 7.53. The van der Waals surface area contributed by atoms with E-state index < -0.39 is 18.2 Å². The maximum absolute atomic E-state index is 13.6. The summed E-state index contributed by atoms with van der Waals surface area (Å²) in [7, 11) is 2.69. The Morgan fingerprint density at radius 2 is 1.47 bits per heavy atom. The molecule has 2 aromatic heterocycles. The number of hydrogen-bond donors (Lipinski definition) is 3. The van der Waals surface area contributed by atoms with Crippen molar-refractivity contribution in [2.24, 2.45) is 16.8 Å². The maximum Gasteiger partial charge on any atom is 0.407 e. The molecule has 6 rings (SSSR count). The Labute approximate surface area is 368 Å². The molecule has 2 fully saturated rings. The largest absolute Gasteiger partial charge is 0.453 e. The summed E-state index contributed by atoms with van der Waals surface area (Å²) in [6, 6.07) is 13.2. The number of fused-ring (bicyclic) bond motifs is 1. The van der Waals surface area contributed by atoms with Crippen LogP contribution in [-0.4, -0.2) is 93.4 Å². The number of aliphatic imine (C=N–C) groups is 1. The van der Waals surface area contributed by atoms with Gasteiger partial charge in [0.1, 0.15) is 23.7 Å². The monoisotopic (exact) mass is 876 g/mol. The Bertz CT molecular complexity index is 1960. The van der Waals surface area contributed by atoms with E-state index in [0.29, 0.717) is 13.1 Å². The minimum Gasteiger partial charge on any atom is -0.453 e. The first-order valence-electron chi connectivity index (χ1n) is 18.9. The van der Waals surface area contributed by atoms with Gasteiger partial charge in [-0.15, -0.1) is 0 Å². The van der Waals surface area contributed by atoms with Crippen LogP contribution in [-0.2, 0) is 36.9 Å². The molecule has 2 aliphatic heterocycles.